The molecule has 1 aromatic rings. The van der Waals surface area contributed by atoms with E-state index in [1.165, 1.54) is 18.2 Å². The van der Waals surface area contributed by atoms with Gasteiger partial charge >= 0.3 is 5.97 Å². The first kappa shape index (κ1) is 12.1. The van der Waals surface area contributed by atoms with E-state index in [0.29, 0.717) is 0 Å². The van der Waals surface area contributed by atoms with Gasteiger partial charge in [0.15, 0.2) is 0 Å². The summed E-state index contributed by atoms with van der Waals surface area (Å²) in [5.74, 6) is -0.563. The lowest BCUT2D eigenvalue weighted by molar-refractivity contribution is -0.385. The number of rotatable bonds is 4. The largest absolute Gasteiger partial charge is 0.462 e. The first-order chi connectivity index (χ1) is 7.60. The Labute approximate surface area is 91.6 Å². The van der Waals surface area contributed by atoms with Crippen LogP contribution in [0.1, 0.15) is 22.8 Å². The normalized spacial score (nSPS) is 9.88. The van der Waals surface area contributed by atoms with Crippen molar-refractivity contribution in [2.24, 2.45) is 0 Å². The summed E-state index contributed by atoms with van der Waals surface area (Å²) in [6.45, 7) is 1.39. The van der Waals surface area contributed by atoms with E-state index in [9.17, 15) is 14.9 Å². The van der Waals surface area contributed by atoms with Crippen molar-refractivity contribution in [1.29, 1.82) is 0 Å². The number of nitro groups is 1. The van der Waals surface area contributed by atoms with Gasteiger partial charge in [-0.05, 0) is 19.1 Å². The third-order valence-corrected chi connectivity index (χ3v) is 1.96. The average molecular weight is 225 g/mol. The third-order valence-electron chi connectivity index (χ3n) is 1.96. The van der Waals surface area contributed by atoms with Crippen LogP contribution in [0.5, 0.6) is 0 Å². The molecule has 0 aromatic heterocycles. The zero-order valence-electron chi connectivity index (χ0n) is 8.67. The molecule has 16 heavy (non-hydrogen) atoms. The van der Waals surface area contributed by atoms with Gasteiger partial charge in [0.25, 0.3) is 5.69 Å². The maximum absolute atomic E-state index is 11.3. The fraction of sp³-hybridized carbons (Fsp3) is 0.300. The smallest absolute Gasteiger partial charge is 0.338 e. The minimum absolute atomic E-state index is 0.0931. The molecule has 0 bridgehead atoms. The molecular weight excluding hydrogens is 214 g/mol. The second kappa shape index (κ2) is 5.22. The van der Waals surface area contributed by atoms with Crippen molar-refractivity contribution in [3.05, 3.63) is 39.4 Å². The highest BCUT2D eigenvalue weighted by Gasteiger charge is 2.16. The highest BCUT2D eigenvalue weighted by Crippen LogP contribution is 2.20. The van der Waals surface area contributed by atoms with Crippen LogP contribution in [0.2, 0.25) is 0 Å². The van der Waals surface area contributed by atoms with Crippen molar-refractivity contribution in [3.8, 4) is 0 Å². The number of ether oxygens (including phenoxy) is 1. The van der Waals surface area contributed by atoms with Gasteiger partial charge in [0.1, 0.15) is 0 Å². The summed E-state index contributed by atoms with van der Waals surface area (Å²) in [5.41, 5.74) is 0.0719. The summed E-state index contributed by atoms with van der Waals surface area (Å²) in [6, 6.07) is 3.74. The van der Waals surface area contributed by atoms with E-state index in [4.69, 9.17) is 9.84 Å². The fourth-order valence-corrected chi connectivity index (χ4v) is 1.23. The molecule has 0 radical (unpaired) electrons. The molecule has 1 aromatic carbocycles. The van der Waals surface area contributed by atoms with E-state index in [1.807, 2.05) is 0 Å². The van der Waals surface area contributed by atoms with Crippen LogP contribution in [0.25, 0.3) is 0 Å². The first-order valence-electron chi connectivity index (χ1n) is 4.65. The molecule has 0 saturated heterocycles. The van der Waals surface area contributed by atoms with E-state index >= 15 is 0 Å². The standard InChI is InChI=1S/C10H11NO5/c1-2-16-10(13)7-3-4-9(11(14)15)8(5-7)6-12/h3-5,12H,2,6H2,1H3. The molecule has 0 heterocycles. The van der Waals surface area contributed by atoms with Crippen molar-refractivity contribution in [2.75, 3.05) is 6.61 Å². The predicted molar refractivity (Wildman–Crippen MR) is 55.0 cm³/mol. The van der Waals surface area contributed by atoms with Crippen LogP contribution in [0.3, 0.4) is 0 Å². The summed E-state index contributed by atoms with van der Waals surface area (Å²) in [4.78, 5) is 21.3. The van der Waals surface area contributed by atoms with Gasteiger partial charge in [-0.15, -0.1) is 0 Å². The Bertz CT molecular complexity index is 416. The number of benzene rings is 1. The molecule has 0 saturated carbocycles. The summed E-state index contributed by atoms with van der Waals surface area (Å²) in [6.07, 6.45) is 0. The van der Waals surface area contributed by atoms with Crippen LogP contribution in [-0.4, -0.2) is 22.6 Å². The van der Waals surface area contributed by atoms with Crippen molar-refractivity contribution in [1.82, 2.24) is 0 Å². The van der Waals surface area contributed by atoms with Crippen LogP contribution in [0, 0.1) is 10.1 Å². The number of hydrogen-bond donors (Lipinski definition) is 1. The Morgan fingerprint density at radius 3 is 2.75 bits per heavy atom. The highest BCUT2D eigenvalue weighted by atomic mass is 16.6. The zero-order chi connectivity index (χ0) is 12.1. The number of hydrogen-bond acceptors (Lipinski definition) is 5. The Kier molecular flexibility index (Phi) is 3.96. The van der Waals surface area contributed by atoms with Crippen LogP contribution >= 0.6 is 0 Å². The van der Waals surface area contributed by atoms with Crippen molar-refractivity contribution in [3.63, 3.8) is 0 Å². The van der Waals surface area contributed by atoms with E-state index < -0.39 is 17.5 Å². The summed E-state index contributed by atoms with van der Waals surface area (Å²) in [7, 11) is 0. The average Bonchev–Trinajstić information content (AvgIpc) is 2.28. The number of aliphatic hydroxyl groups is 1. The van der Waals surface area contributed by atoms with E-state index in [-0.39, 0.29) is 23.4 Å². The Morgan fingerprint density at radius 1 is 1.56 bits per heavy atom. The second-order valence-electron chi connectivity index (χ2n) is 2.98. The fourth-order valence-electron chi connectivity index (χ4n) is 1.23. The monoisotopic (exact) mass is 225 g/mol. The van der Waals surface area contributed by atoms with Gasteiger partial charge in [-0.2, -0.15) is 0 Å². The lowest BCUT2D eigenvalue weighted by Crippen LogP contribution is -2.06. The molecule has 0 aliphatic carbocycles. The first-order valence-corrected chi connectivity index (χ1v) is 4.65. The Hall–Kier alpha value is -1.95. The number of carbonyl (C=O) groups is 1. The van der Waals surface area contributed by atoms with Crippen LogP contribution in [0.4, 0.5) is 5.69 Å². The van der Waals surface area contributed by atoms with E-state index in [1.54, 1.807) is 6.92 Å². The van der Waals surface area contributed by atoms with Gasteiger partial charge in [0, 0.05) is 6.07 Å². The second-order valence-corrected chi connectivity index (χ2v) is 2.98. The molecular formula is C10H11NO5. The minimum atomic E-state index is -0.611. The third kappa shape index (κ3) is 2.54. The van der Waals surface area contributed by atoms with Crippen molar-refractivity contribution in [2.45, 2.75) is 13.5 Å². The van der Waals surface area contributed by atoms with Crippen molar-refractivity contribution < 1.29 is 19.6 Å². The quantitative estimate of drug-likeness (QED) is 0.473. The summed E-state index contributed by atoms with van der Waals surface area (Å²) >= 11 is 0. The molecule has 0 aliphatic heterocycles. The number of esters is 1. The molecule has 0 unspecified atom stereocenters. The molecule has 0 atom stereocenters. The zero-order valence-corrected chi connectivity index (χ0v) is 8.67. The molecule has 6 nitrogen and oxygen atoms in total. The molecule has 86 valence electrons. The van der Waals surface area contributed by atoms with Gasteiger partial charge in [-0.25, -0.2) is 4.79 Å². The minimum Gasteiger partial charge on any atom is -0.462 e. The van der Waals surface area contributed by atoms with E-state index in [2.05, 4.69) is 0 Å². The molecule has 0 fully saturated rings. The maximum Gasteiger partial charge on any atom is 0.338 e. The number of carbonyl (C=O) groups excluding carboxylic acids is 1. The van der Waals surface area contributed by atoms with Gasteiger partial charge in [0.2, 0.25) is 0 Å². The lowest BCUT2D eigenvalue weighted by atomic mass is 10.1. The van der Waals surface area contributed by atoms with E-state index in [0.717, 1.165) is 0 Å². The van der Waals surface area contributed by atoms with Crippen LogP contribution < -0.4 is 0 Å². The maximum atomic E-state index is 11.3. The van der Waals surface area contributed by atoms with Gasteiger partial charge < -0.3 is 9.84 Å². The van der Waals surface area contributed by atoms with Gasteiger partial charge in [-0.3, -0.25) is 10.1 Å². The number of nitrogens with zero attached hydrogens (tertiary/aromatic N) is 1. The molecule has 0 aliphatic rings. The van der Waals surface area contributed by atoms with Gasteiger partial charge in [0.05, 0.1) is 29.3 Å². The molecule has 0 amide bonds. The molecule has 1 rings (SSSR count). The number of aliphatic hydroxyl groups excluding tert-OH is 1. The summed E-state index contributed by atoms with van der Waals surface area (Å²) < 4.78 is 4.74. The van der Waals surface area contributed by atoms with Crippen molar-refractivity contribution >= 4 is 11.7 Å². The summed E-state index contributed by atoms with van der Waals surface area (Å²) in [5, 5.41) is 19.5. The Morgan fingerprint density at radius 2 is 2.25 bits per heavy atom. The molecule has 1 N–H and O–H groups in total. The van der Waals surface area contributed by atoms with Crippen LogP contribution in [-0.2, 0) is 11.3 Å². The molecule has 6 heteroatoms. The van der Waals surface area contributed by atoms with Gasteiger partial charge in [-0.1, -0.05) is 0 Å². The SMILES string of the molecule is CCOC(=O)c1ccc([N+](=O)[O-])c(CO)c1. The van der Waals surface area contributed by atoms with Crippen LogP contribution in [0.15, 0.2) is 18.2 Å². The predicted octanol–water partition coefficient (Wildman–Crippen LogP) is 1.26. The molecule has 0 spiro atoms. The number of nitro benzene ring substituents is 1. The highest BCUT2D eigenvalue weighted by molar-refractivity contribution is 5.90. The Balaban J connectivity index is 3.08. The topological polar surface area (TPSA) is 89.7 Å². The lowest BCUT2D eigenvalue weighted by Gasteiger charge is -2.04.